The molecule has 3 rings (SSSR count). The zero-order valence-corrected chi connectivity index (χ0v) is 12.0. The van der Waals surface area contributed by atoms with Gasteiger partial charge in [-0.25, -0.2) is 19.0 Å². The van der Waals surface area contributed by atoms with E-state index in [9.17, 15) is 22.8 Å². The fourth-order valence-electron chi connectivity index (χ4n) is 2.64. The summed E-state index contributed by atoms with van der Waals surface area (Å²) >= 11 is 0. The highest BCUT2D eigenvalue weighted by Crippen LogP contribution is 2.46. The van der Waals surface area contributed by atoms with Crippen molar-refractivity contribution in [2.24, 2.45) is 7.05 Å². The molecule has 0 aromatic carbocycles. The highest BCUT2D eigenvalue weighted by molar-refractivity contribution is 5.93. The van der Waals surface area contributed by atoms with Crippen LogP contribution in [0, 0.1) is 0 Å². The molecule has 0 spiro atoms. The first-order valence-corrected chi connectivity index (χ1v) is 6.82. The van der Waals surface area contributed by atoms with Crippen LogP contribution in [0.4, 0.5) is 13.2 Å². The number of carbonyl (C=O) groups excluding carboxylic acids is 1. The molecule has 23 heavy (non-hydrogen) atoms. The fraction of sp³-hybridized carbons (Fsp3) is 0.583. The highest BCUT2D eigenvalue weighted by Gasteiger charge is 2.59. The van der Waals surface area contributed by atoms with Gasteiger partial charge in [-0.15, -0.1) is 5.10 Å². The molecule has 0 aliphatic heterocycles. The maximum absolute atomic E-state index is 13.3. The van der Waals surface area contributed by atoms with Gasteiger partial charge in [0.1, 0.15) is 6.33 Å². The second kappa shape index (κ2) is 5.03. The van der Waals surface area contributed by atoms with E-state index >= 15 is 0 Å². The number of rotatable bonds is 2. The standard InChI is InChI=1S/C12H12F3N5O3/c1-19-10(22)20-6-16-7(8(20)17-18-19)9(21)23-11(12(13,14)15)4-2-3-5-11/h6H,2-5H2,1H3. The molecule has 0 N–H and O–H groups in total. The van der Waals surface area contributed by atoms with E-state index < -0.39 is 29.1 Å². The molecule has 124 valence electrons. The maximum atomic E-state index is 13.3. The molecule has 1 aliphatic carbocycles. The molecule has 0 unspecified atom stereocenters. The van der Waals surface area contributed by atoms with Crippen LogP contribution in [0.2, 0.25) is 0 Å². The van der Waals surface area contributed by atoms with Crippen LogP contribution in [0.1, 0.15) is 36.2 Å². The van der Waals surface area contributed by atoms with Crippen LogP contribution in [0.3, 0.4) is 0 Å². The van der Waals surface area contributed by atoms with Gasteiger partial charge in [0.25, 0.3) is 0 Å². The summed E-state index contributed by atoms with van der Waals surface area (Å²) in [5.41, 5.74) is -3.85. The number of esters is 1. The van der Waals surface area contributed by atoms with Crippen LogP contribution in [0.5, 0.6) is 0 Å². The van der Waals surface area contributed by atoms with E-state index in [0.29, 0.717) is 12.8 Å². The Morgan fingerprint density at radius 1 is 1.35 bits per heavy atom. The minimum atomic E-state index is -4.67. The van der Waals surface area contributed by atoms with E-state index in [1.165, 1.54) is 7.05 Å². The number of halogens is 3. The molecule has 0 bridgehead atoms. The summed E-state index contributed by atoms with van der Waals surface area (Å²) in [5, 5.41) is 7.10. The van der Waals surface area contributed by atoms with E-state index in [2.05, 4.69) is 15.3 Å². The summed E-state index contributed by atoms with van der Waals surface area (Å²) < 4.78 is 46.4. The van der Waals surface area contributed by atoms with Crippen molar-refractivity contribution < 1.29 is 22.7 Å². The number of nitrogens with zero attached hydrogens (tertiary/aromatic N) is 5. The van der Waals surface area contributed by atoms with E-state index in [-0.39, 0.29) is 18.5 Å². The van der Waals surface area contributed by atoms with Gasteiger partial charge in [-0.05, 0) is 25.7 Å². The zero-order valence-electron chi connectivity index (χ0n) is 12.0. The fourth-order valence-corrected chi connectivity index (χ4v) is 2.64. The number of aryl methyl sites for hydroxylation is 1. The highest BCUT2D eigenvalue weighted by atomic mass is 19.4. The van der Waals surface area contributed by atoms with Crippen LogP contribution in [-0.2, 0) is 11.8 Å². The van der Waals surface area contributed by atoms with Crippen LogP contribution in [0.15, 0.2) is 11.1 Å². The van der Waals surface area contributed by atoms with Crippen molar-refractivity contribution in [1.82, 2.24) is 24.4 Å². The number of alkyl halides is 3. The first-order valence-electron chi connectivity index (χ1n) is 6.82. The molecular weight excluding hydrogens is 319 g/mol. The zero-order chi connectivity index (χ0) is 16.8. The second-order valence-corrected chi connectivity index (χ2v) is 5.37. The van der Waals surface area contributed by atoms with Crippen LogP contribution in [-0.4, -0.2) is 42.1 Å². The Hall–Kier alpha value is -2.46. The molecule has 2 heterocycles. The van der Waals surface area contributed by atoms with Gasteiger partial charge in [0.15, 0.2) is 11.3 Å². The Morgan fingerprint density at radius 2 is 2.00 bits per heavy atom. The average Bonchev–Trinajstić information content (AvgIpc) is 3.09. The van der Waals surface area contributed by atoms with Crippen molar-refractivity contribution in [3.05, 3.63) is 22.5 Å². The number of aromatic nitrogens is 5. The van der Waals surface area contributed by atoms with Gasteiger partial charge in [0.05, 0.1) is 0 Å². The van der Waals surface area contributed by atoms with Gasteiger partial charge in [-0.2, -0.15) is 17.9 Å². The lowest BCUT2D eigenvalue weighted by Gasteiger charge is -2.30. The average molecular weight is 331 g/mol. The smallest absolute Gasteiger partial charge is 0.428 e. The minimum Gasteiger partial charge on any atom is -0.445 e. The van der Waals surface area contributed by atoms with Crippen LogP contribution in [0.25, 0.3) is 5.65 Å². The molecule has 1 aliphatic rings. The van der Waals surface area contributed by atoms with Gasteiger partial charge in [0, 0.05) is 7.05 Å². The SMILES string of the molecule is Cn1nnc2c(C(=O)OC3(C(F)(F)F)CCCC3)ncn2c1=O. The Labute approximate surface area is 126 Å². The van der Waals surface area contributed by atoms with Crippen LogP contribution < -0.4 is 5.69 Å². The maximum Gasteiger partial charge on any atom is 0.428 e. The molecule has 1 fully saturated rings. The summed E-state index contributed by atoms with van der Waals surface area (Å²) in [4.78, 5) is 27.6. The monoisotopic (exact) mass is 331 g/mol. The summed E-state index contributed by atoms with van der Waals surface area (Å²) in [7, 11) is 1.34. The molecule has 11 heteroatoms. The number of hydrogen-bond donors (Lipinski definition) is 0. The van der Waals surface area contributed by atoms with E-state index in [0.717, 1.165) is 15.4 Å². The predicted molar refractivity (Wildman–Crippen MR) is 68.7 cm³/mol. The number of hydrogen-bond acceptors (Lipinski definition) is 6. The molecule has 0 amide bonds. The number of carbonyl (C=O) groups is 1. The van der Waals surface area contributed by atoms with Crippen molar-refractivity contribution in [2.45, 2.75) is 37.5 Å². The van der Waals surface area contributed by atoms with E-state index in [1.54, 1.807) is 0 Å². The third-order valence-corrected chi connectivity index (χ3v) is 3.91. The summed E-state index contributed by atoms with van der Waals surface area (Å²) in [6, 6.07) is 0. The van der Waals surface area contributed by atoms with Gasteiger partial charge < -0.3 is 4.74 Å². The van der Waals surface area contributed by atoms with Crippen molar-refractivity contribution in [3.63, 3.8) is 0 Å². The van der Waals surface area contributed by atoms with E-state index in [1.807, 2.05) is 0 Å². The van der Waals surface area contributed by atoms with Gasteiger partial charge in [0.2, 0.25) is 5.60 Å². The molecule has 0 saturated heterocycles. The third kappa shape index (κ3) is 2.35. The lowest BCUT2D eigenvalue weighted by molar-refractivity contribution is -0.256. The minimum absolute atomic E-state index is 0.242. The van der Waals surface area contributed by atoms with Gasteiger partial charge >= 0.3 is 17.8 Å². The summed E-state index contributed by atoms with van der Waals surface area (Å²) in [5.74, 6) is -1.27. The van der Waals surface area contributed by atoms with Gasteiger partial charge in [-0.1, -0.05) is 5.21 Å². The largest absolute Gasteiger partial charge is 0.445 e. The Morgan fingerprint density at radius 3 is 2.61 bits per heavy atom. The summed E-state index contributed by atoms with van der Waals surface area (Å²) in [6.07, 6.45) is -3.62. The Kier molecular flexibility index (Phi) is 3.38. The molecule has 0 radical (unpaired) electrons. The van der Waals surface area contributed by atoms with Crippen molar-refractivity contribution in [1.29, 1.82) is 0 Å². The lowest BCUT2D eigenvalue weighted by atomic mass is 10.0. The molecule has 0 atom stereocenters. The second-order valence-electron chi connectivity index (χ2n) is 5.37. The van der Waals surface area contributed by atoms with Crippen molar-refractivity contribution in [2.75, 3.05) is 0 Å². The van der Waals surface area contributed by atoms with E-state index in [4.69, 9.17) is 4.74 Å². The topological polar surface area (TPSA) is 91.4 Å². The Balaban J connectivity index is 1.98. The van der Waals surface area contributed by atoms with Crippen LogP contribution >= 0.6 is 0 Å². The predicted octanol–water partition coefficient (Wildman–Crippen LogP) is 0.855. The number of fused-ring (bicyclic) bond motifs is 1. The third-order valence-electron chi connectivity index (χ3n) is 3.91. The molecular formula is C12H12F3N5O3. The quantitative estimate of drug-likeness (QED) is 0.758. The van der Waals surface area contributed by atoms with Crippen molar-refractivity contribution >= 4 is 11.6 Å². The number of ether oxygens (including phenoxy) is 1. The number of imidazole rings is 1. The lowest BCUT2D eigenvalue weighted by Crippen LogP contribution is -2.46. The van der Waals surface area contributed by atoms with Gasteiger partial charge in [-0.3, -0.25) is 0 Å². The molecule has 1 saturated carbocycles. The first-order chi connectivity index (χ1) is 10.8. The van der Waals surface area contributed by atoms with Crippen molar-refractivity contribution in [3.8, 4) is 0 Å². The molecule has 8 nitrogen and oxygen atoms in total. The summed E-state index contributed by atoms with van der Waals surface area (Å²) in [6.45, 7) is 0. The Bertz CT molecular complexity index is 819. The molecule has 2 aromatic rings. The normalized spacial score (nSPS) is 17.6. The molecule has 2 aromatic heterocycles. The first kappa shape index (κ1) is 15.4.